The van der Waals surface area contributed by atoms with Gasteiger partial charge in [0.1, 0.15) is 18.2 Å². The lowest BCUT2D eigenvalue weighted by Crippen LogP contribution is -2.44. The number of amides is 2. The smallest absolute Gasteiger partial charge is 0.475 e. The van der Waals surface area contributed by atoms with Gasteiger partial charge in [-0.05, 0) is 36.8 Å². The highest BCUT2D eigenvalue weighted by Crippen LogP contribution is 2.30. The van der Waals surface area contributed by atoms with Gasteiger partial charge in [0, 0.05) is 25.8 Å². The maximum Gasteiger partial charge on any atom is 0.573 e. The number of morpholine rings is 1. The van der Waals surface area contributed by atoms with E-state index < -0.39 is 18.1 Å². The largest absolute Gasteiger partial charge is 0.573 e. The normalized spacial score (nSPS) is 15.6. The summed E-state index contributed by atoms with van der Waals surface area (Å²) < 4.78 is 60.9. The molecule has 210 valence electrons. The molecular weight excluding hydrogens is 519 g/mol. The number of halogens is 3. The van der Waals surface area contributed by atoms with Gasteiger partial charge in [-0.15, -0.1) is 18.3 Å². The van der Waals surface area contributed by atoms with Crippen molar-refractivity contribution in [1.29, 1.82) is 0 Å². The molecule has 1 aliphatic heterocycles. The molecule has 1 atom stereocenters. The quantitative estimate of drug-likeness (QED) is 0.352. The van der Waals surface area contributed by atoms with Crippen LogP contribution in [-0.2, 0) is 22.6 Å². The van der Waals surface area contributed by atoms with Gasteiger partial charge in [-0.3, -0.25) is 5.32 Å². The van der Waals surface area contributed by atoms with Gasteiger partial charge in [0.15, 0.2) is 0 Å². The Morgan fingerprint density at radius 1 is 1.23 bits per heavy atom. The van der Waals surface area contributed by atoms with Gasteiger partial charge in [-0.25, -0.2) is 9.48 Å². The molecule has 1 aromatic heterocycles. The second-order valence-corrected chi connectivity index (χ2v) is 8.79. The molecule has 0 spiro atoms. The van der Waals surface area contributed by atoms with E-state index in [1.54, 1.807) is 6.92 Å². The summed E-state index contributed by atoms with van der Waals surface area (Å²) in [4.78, 5) is 12.9. The number of urea groups is 1. The van der Waals surface area contributed by atoms with E-state index in [-0.39, 0.29) is 24.8 Å². The Morgan fingerprint density at radius 3 is 2.72 bits per heavy atom. The molecule has 3 N–H and O–H groups in total. The molecular formula is C26H30F3N5O5. The second-order valence-electron chi connectivity index (χ2n) is 8.79. The van der Waals surface area contributed by atoms with Crippen molar-refractivity contribution in [2.24, 2.45) is 0 Å². The molecule has 0 aliphatic carbocycles. The van der Waals surface area contributed by atoms with Crippen molar-refractivity contribution in [3.63, 3.8) is 0 Å². The molecule has 0 bridgehead atoms. The molecule has 39 heavy (non-hydrogen) atoms. The summed E-state index contributed by atoms with van der Waals surface area (Å²) in [6.45, 7) is 3.90. The highest BCUT2D eigenvalue weighted by Gasteiger charge is 2.32. The Bertz CT molecular complexity index is 1250. The number of anilines is 1. The van der Waals surface area contributed by atoms with Gasteiger partial charge < -0.3 is 29.6 Å². The maximum absolute atomic E-state index is 12.9. The molecule has 2 amide bonds. The SMILES string of the molecule is COCc1ccc(OC(F)(F)F)c(CNC(=O)Nc2c(C)c(OC[C@H]3COCCN3)nn2-c2ccccc2)c1. The van der Waals surface area contributed by atoms with E-state index in [1.807, 2.05) is 30.3 Å². The monoisotopic (exact) mass is 549 g/mol. The first-order valence-electron chi connectivity index (χ1n) is 12.2. The second kappa shape index (κ2) is 12.8. The van der Waals surface area contributed by atoms with Crippen LogP contribution in [0.4, 0.5) is 23.8 Å². The average Bonchev–Trinajstić information content (AvgIpc) is 3.22. The van der Waals surface area contributed by atoms with Crippen molar-refractivity contribution in [2.75, 3.05) is 38.8 Å². The summed E-state index contributed by atoms with van der Waals surface area (Å²) in [5.41, 5.74) is 2.02. The predicted molar refractivity (Wildman–Crippen MR) is 136 cm³/mol. The lowest BCUT2D eigenvalue weighted by Gasteiger charge is -2.23. The maximum atomic E-state index is 12.9. The van der Waals surface area contributed by atoms with Crippen molar-refractivity contribution in [3.8, 4) is 17.3 Å². The van der Waals surface area contributed by atoms with E-state index in [0.29, 0.717) is 48.3 Å². The van der Waals surface area contributed by atoms with E-state index in [0.717, 1.165) is 6.54 Å². The van der Waals surface area contributed by atoms with Crippen molar-refractivity contribution in [1.82, 2.24) is 20.4 Å². The first kappa shape index (κ1) is 28.2. The van der Waals surface area contributed by atoms with Crippen LogP contribution in [0.2, 0.25) is 0 Å². The number of carbonyl (C=O) groups is 1. The number of aromatic nitrogens is 2. The van der Waals surface area contributed by atoms with Gasteiger partial charge >= 0.3 is 12.4 Å². The topological polar surface area (TPSA) is 108 Å². The third kappa shape index (κ3) is 7.85. The number of hydrogen-bond donors (Lipinski definition) is 3. The van der Waals surface area contributed by atoms with E-state index in [9.17, 15) is 18.0 Å². The molecule has 1 saturated heterocycles. The fraction of sp³-hybridized carbons (Fsp3) is 0.385. The Hall–Kier alpha value is -3.81. The van der Waals surface area contributed by atoms with E-state index in [4.69, 9.17) is 14.2 Å². The highest BCUT2D eigenvalue weighted by molar-refractivity contribution is 5.89. The molecule has 4 rings (SSSR count). The molecule has 0 radical (unpaired) electrons. The number of nitrogens with one attached hydrogen (secondary N) is 3. The summed E-state index contributed by atoms with van der Waals surface area (Å²) in [6.07, 6.45) is -4.88. The summed E-state index contributed by atoms with van der Waals surface area (Å²) >= 11 is 0. The predicted octanol–water partition coefficient (Wildman–Crippen LogP) is 3.91. The molecule has 10 nitrogen and oxygen atoms in total. The number of ether oxygens (including phenoxy) is 4. The lowest BCUT2D eigenvalue weighted by molar-refractivity contribution is -0.274. The fourth-order valence-electron chi connectivity index (χ4n) is 4.00. The molecule has 1 fully saturated rings. The number of benzene rings is 2. The zero-order valence-electron chi connectivity index (χ0n) is 21.5. The number of rotatable bonds is 10. The van der Waals surface area contributed by atoms with Crippen LogP contribution >= 0.6 is 0 Å². The van der Waals surface area contributed by atoms with Crippen molar-refractivity contribution in [3.05, 3.63) is 65.2 Å². The fourth-order valence-corrected chi connectivity index (χ4v) is 4.00. The van der Waals surface area contributed by atoms with Crippen molar-refractivity contribution >= 4 is 11.8 Å². The summed E-state index contributed by atoms with van der Waals surface area (Å²) in [6, 6.07) is 12.6. The first-order chi connectivity index (χ1) is 18.7. The van der Waals surface area contributed by atoms with E-state index in [1.165, 1.54) is 30.0 Å². The molecule has 13 heteroatoms. The Balaban J connectivity index is 1.51. The van der Waals surface area contributed by atoms with Crippen LogP contribution in [0.25, 0.3) is 5.69 Å². The van der Waals surface area contributed by atoms with Crippen LogP contribution in [0.3, 0.4) is 0 Å². The van der Waals surface area contributed by atoms with Gasteiger partial charge in [-0.1, -0.05) is 24.3 Å². The number of hydrogen-bond acceptors (Lipinski definition) is 7. The third-order valence-electron chi connectivity index (χ3n) is 5.83. The van der Waals surface area contributed by atoms with E-state index >= 15 is 0 Å². The summed E-state index contributed by atoms with van der Waals surface area (Å²) in [5.74, 6) is 0.264. The molecule has 0 saturated carbocycles. The van der Waals surface area contributed by atoms with Crippen LogP contribution in [0.15, 0.2) is 48.5 Å². The molecule has 3 aromatic rings. The number of methoxy groups -OCH3 is 1. The van der Waals surface area contributed by atoms with Crippen LogP contribution < -0.4 is 25.4 Å². The minimum Gasteiger partial charge on any atom is -0.475 e. The summed E-state index contributed by atoms with van der Waals surface area (Å²) in [5, 5.41) is 13.2. The molecule has 0 unspecified atom stereocenters. The zero-order valence-corrected chi connectivity index (χ0v) is 21.5. The van der Waals surface area contributed by atoms with Gasteiger partial charge in [0.05, 0.1) is 37.1 Å². The van der Waals surface area contributed by atoms with Crippen LogP contribution in [0, 0.1) is 6.92 Å². The van der Waals surface area contributed by atoms with Gasteiger partial charge in [0.25, 0.3) is 0 Å². The first-order valence-corrected chi connectivity index (χ1v) is 12.2. The van der Waals surface area contributed by atoms with Gasteiger partial charge in [0.2, 0.25) is 5.88 Å². The van der Waals surface area contributed by atoms with Crippen LogP contribution in [0.5, 0.6) is 11.6 Å². The molecule has 1 aliphatic rings. The summed E-state index contributed by atoms with van der Waals surface area (Å²) in [7, 11) is 1.47. The van der Waals surface area contributed by atoms with Crippen molar-refractivity contribution < 1.29 is 36.9 Å². The Morgan fingerprint density at radius 2 is 2.03 bits per heavy atom. The van der Waals surface area contributed by atoms with E-state index in [2.05, 4.69) is 25.8 Å². The number of nitrogens with zero attached hydrogens (tertiary/aromatic N) is 2. The standard InChI is InChI=1S/C26H30F3N5O5/c1-17-23(32-25(35)31-13-19-12-18(14-36-2)8-9-22(19)39-26(27,28)29)34(21-6-4-3-5-7-21)33-24(17)38-16-20-15-37-11-10-30-20/h3-9,12,20,30H,10-11,13-16H2,1-2H3,(H2,31,32,35)/t20-/m1/s1. The van der Waals surface area contributed by atoms with Crippen molar-refractivity contribution in [2.45, 2.75) is 32.5 Å². The minimum atomic E-state index is -4.88. The van der Waals surface area contributed by atoms with Crippen LogP contribution in [0.1, 0.15) is 16.7 Å². The van der Waals surface area contributed by atoms with Gasteiger partial charge in [-0.2, -0.15) is 0 Å². The Labute approximate surface area is 223 Å². The average molecular weight is 550 g/mol. The third-order valence-corrected chi connectivity index (χ3v) is 5.83. The molecule has 2 aromatic carbocycles. The Kier molecular flexibility index (Phi) is 9.28. The molecule has 2 heterocycles. The highest BCUT2D eigenvalue weighted by atomic mass is 19.4. The van der Waals surface area contributed by atoms with Crippen LogP contribution in [-0.4, -0.2) is 61.7 Å². The lowest BCUT2D eigenvalue weighted by atomic mass is 10.1. The minimum absolute atomic E-state index is 0.00159. The number of alkyl halides is 3. The number of carbonyl (C=O) groups excluding carboxylic acids is 1. The number of para-hydroxylation sites is 1. The zero-order chi connectivity index (χ0) is 27.8.